The van der Waals surface area contributed by atoms with Crippen LogP contribution in [-0.4, -0.2) is 54.8 Å². The van der Waals surface area contributed by atoms with Crippen LogP contribution < -0.4 is 10.6 Å². The highest BCUT2D eigenvalue weighted by Gasteiger charge is 2.58. The van der Waals surface area contributed by atoms with Crippen molar-refractivity contribution in [2.75, 3.05) is 5.32 Å². The third-order valence-electron chi connectivity index (χ3n) is 7.28. The molecule has 1 amide bonds. The molecule has 37 heavy (non-hydrogen) atoms. The number of nitrogens with one attached hydrogen (secondary N) is 3. The van der Waals surface area contributed by atoms with Crippen LogP contribution in [0.15, 0.2) is 18.5 Å². The van der Waals surface area contributed by atoms with E-state index >= 15 is 4.39 Å². The number of alkyl carbamates (subject to hydrolysis) is 1. The molecule has 3 aromatic rings. The minimum absolute atomic E-state index is 0.00617. The summed E-state index contributed by atoms with van der Waals surface area (Å²) >= 11 is 6.10. The molecule has 10 nitrogen and oxygen atoms in total. The molecule has 0 saturated heterocycles. The topological polar surface area (TPSA) is 118 Å². The average Bonchev–Trinajstić information content (AvgIpc) is 3.50. The van der Waals surface area contributed by atoms with E-state index in [4.69, 9.17) is 16.3 Å². The van der Waals surface area contributed by atoms with Gasteiger partial charge in [-0.15, -0.1) is 13.2 Å². The van der Waals surface area contributed by atoms with E-state index in [1.54, 1.807) is 6.07 Å². The van der Waals surface area contributed by atoms with Crippen LogP contribution in [-0.2, 0) is 16.1 Å². The molecule has 3 N–H and O–H groups in total. The summed E-state index contributed by atoms with van der Waals surface area (Å²) in [4.78, 5) is 20.5. The van der Waals surface area contributed by atoms with Gasteiger partial charge in [0.2, 0.25) is 5.95 Å². The van der Waals surface area contributed by atoms with E-state index in [9.17, 15) is 18.0 Å². The Bertz CT molecular complexity index is 1330. The fourth-order valence-electron chi connectivity index (χ4n) is 5.41. The highest BCUT2D eigenvalue weighted by atomic mass is 35.5. The molecule has 3 heterocycles. The summed E-state index contributed by atoms with van der Waals surface area (Å²) in [5.74, 6) is 0.629. The van der Waals surface area contributed by atoms with Crippen LogP contribution in [0.2, 0.25) is 5.02 Å². The number of carbonyl (C=O) groups excluding carboxylic acids is 1. The van der Waals surface area contributed by atoms with Gasteiger partial charge in [-0.25, -0.2) is 19.2 Å². The number of halogens is 5. The predicted octanol–water partition coefficient (Wildman–Crippen LogP) is 4.75. The van der Waals surface area contributed by atoms with E-state index < -0.39 is 37.3 Å². The smallest absolute Gasteiger partial charge is 0.443 e. The Labute approximate surface area is 212 Å². The molecule has 2 bridgehead atoms. The Morgan fingerprint density at radius 3 is 2.78 bits per heavy atom. The van der Waals surface area contributed by atoms with Crippen molar-refractivity contribution in [3.05, 3.63) is 34.9 Å². The van der Waals surface area contributed by atoms with E-state index in [1.165, 1.54) is 16.8 Å². The number of alkyl halides is 4. The lowest BCUT2D eigenvalue weighted by atomic mass is 9.50. The number of rotatable bonds is 7. The van der Waals surface area contributed by atoms with Gasteiger partial charge < -0.3 is 15.4 Å². The third-order valence-corrected chi connectivity index (χ3v) is 7.55. The van der Waals surface area contributed by atoms with Gasteiger partial charge in [-0.05, 0) is 38.0 Å². The van der Waals surface area contributed by atoms with Crippen LogP contribution in [0.25, 0.3) is 5.65 Å². The number of carbonyl (C=O) groups is 1. The second-order valence-corrected chi connectivity index (χ2v) is 10.3. The highest BCUT2D eigenvalue weighted by Crippen LogP contribution is 2.57. The van der Waals surface area contributed by atoms with Crippen LogP contribution in [0.4, 0.5) is 34.1 Å². The van der Waals surface area contributed by atoms with Gasteiger partial charge in [0.25, 0.3) is 0 Å². The van der Waals surface area contributed by atoms with Crippen LogP contribution in [0.5, 0.6) is 0 Å². The molecule has 0 unspecified atom stereocenters. The molecular formula is C22H22ClF4N7O3. The fraction of sp³-hybridized carbons (Fsp3) is 0.545. The van der Waals surface area contributed by atoms with Crippen molar-refractivity contribution in [3.63, 3.8) is 0 Å². The predicted molar refractivity (Wildman–Crippen MR) is 121 cm³/mol. The maximum absolute atomic E-state index is 15.2. The monoisotopic (exact) mass is 543 g/mol. The van der Waals surface area contributed by atoms with Gasteiger partial charge in [0.1, 0.15) is 17.3 Å². The molecule has 0 aromatic carbocycles. The largest absolute Gasteiger partial charge is 0.522 e. The first-order valence-corrected chi connectivity index (χ1v) is 12.1. The van der Waals surface area contributed by atoms with Crippen molar-refractivity contribution in [1.29, 1.82) is 0 Å². The Kier molecular flexibility index (Phi) is 5.71. The molecule has 3 atom stereocenters. The quantitative estimate of drug-likeness (QED) is 0.368. The summed E-state index contributed by atoms with van der Waals surface area (Å²) < 4.78 is 63.0. The van der Waals surface area contributed by atoms with Crippen LogP contribution in [0, 0.1) is 5.92 Å². The van der Waals surface area contributed by atoms with Crippen molar-refractivity contribution in [2.24, 2.45) is 5.92 Å². The standard InChI is InChI=1S/C22H22ClF4N7O3/c23-13-7-28-19(34-8-11(29-18(13)34)9-36-22(25,26)27)30-16-3-14(32-33-16)12-1-2-15(17(12)24)37-20(35)31-21-4-10(5-21)6-21/h3,7-8,10,12,15,17H,1-2,4-6,9H2,(H,31,35)(H2,28,30,32,33)/t10?,12-,15-,17+,21?/m0/s1. The Morgan fingerprint density at radius 2 is 2.08 bits per heavy atom. The molecule has 198 valence electrons. The first-order chi connectivity index (χ1) is 17.6. The lowest BCUT2D eigenvalue weighted by molar-refractivity contribution is -0.330. The van der Waals surface area contributed by atoms with Gasteiger partial charge in [-0.3, -0.25) is 14.2 Å². The van der Waals surface area contributed by atoms with Crippen molar-refractivity contribution in [3.8, 4) is 0 Å². The number of anilines is 2. The second-order valence-electron chi connectivity index (χ2n) is 9.88. The second kappa shape index (κ2) is 8.72. The number of nitrogens with zero attached hydrogens (tertiary/aromatic N) is 4. The number of ether oxygens (including phenoxy) is 2. The maximum atomic E-state index is 15.2. The van der Waals surface area contributed by atoms with Crippen LogP contribution >= 0.6 is 11.6 Å². The van der Waals surface area contributed by atoms with Gasteiger partial charge >= 0.3 is 12.5 Å². The lowest BCUT2D eigenvalue weighted by Crippen LogP contribution is -2.68. The first-order valence-electron chi connectivity index (χ1n) is 11.8. The number of aromatic nitrogens is 5. The van der Waals surface area contributed by atoms with Crippen molar-refractivity contribution >= 4 is 35.1 Å². The summed E-state index contributed by atoms with van der Waals surface area (Å²) in [7, 11) is 0. The zero-order valence-corrected chi connectivity index (χ0v) is 19.9. The number of imidazole rings is 1. The fourth-order valence-corrected chi connectivity index (χ4v) is 5.59. The molecule has 7 rings (SSSR count). The van der Waals surface area contributed by atoms with Crippen LogP contribution in [0.1, 0.15) is 49.4 Å². The van der Waals surface area contributed by atoms with E-state index in [-0.39, 0.29) is 27.9 Å². The highest BCUT2D eigenvalue weighted by molar-refractivity contribution is 6.33. The van der Waals surface area contributed by atoms with E-state index in [1.807, 2.05) is 0 Å². The molecule has 0 spiro atoms. The zero-order valence-electron chi connectivity index (χ0n) is 19.2. The maximum Gasteiger partial charge on any atom is 0.522 e. The van der Waals surface area contributed by atoms with Gasteiger partial charge in [-0.2, -0.15) is 5.10 Å². The Hall–Kier alpha value is -3.13. The molecule has 4 aliphatic rings. The first kappa shape index (κ1) is 24.2. The van der Waals surface area contributed by atoms with Gasteiger partial charge in [0, 0.05) is 29.4 Å². The van der Waals surface area contributed by atoms with Crippen molar-refractivity contribution in [1.82, 2.24) is 29.9 Å². The summed E-state index contributed by atoms with van der Waals surface area (Å²) in [5, 5.41) is 12.9. The molecule has 0 radical (unpaired) electrons. The van der Waals surface area contributed by atoms with E-state index in [0.717, 1.165) is 19.3 Å². The molecule has 4 aliphatic carbocycles. The molecule has 4 saturated carbocycles. The number of H-pyrrole nitrogens is 1. The number of hydrogen-bond acceptors (Lipinski definition) is 7. The summed E-state index contributed by atoms with van der Waals surface area (Å²) in [6.07, 6.45) is -1.28. The normalized spacial score (nSPS) is 28.6. The average molecular weight is 544 g/mol. The molecule has 4 fully saturated rings. The van der Waals surface area contributed by atoms with E-state index in [2.05, 4.69) is 35.5 Å². The zero-order chi connectivity index (χ0) is 25.9. The molecule has 15 heteroatoms. The molecule has 3 aromatic heterocycles. The Morgan fingerprint density at radius 1 is 1.30 bits per heavy atom. The summed E-state index contributed by atoms with van der Waals surface area (Å²) in [6, 6.07) is 1.61. The third kappa shape index (κ3) is 4.67. The van der Waals surface area contributed by atoms with Gasteiger partial charge in [0.05, 0.1) is 18.5 Å². The summed E-state index contributed by atoms with van der Waals surface area (Å²) in [6.45, 7) is -0.796. The van der Waals surface area contributed by atoms with Gasteiger partial charge in [-0.1, -0.05) is 11.6 Å². The number of hydrogen-bond donors (Lipinski definition) is 3. The number of amides is 1. The van der Waals surface area contributed by atoms with E-state index in [0.29, 0.717) is 30.3 Å². The van der Waals surface area contributed by atoms with Crippen LogP contribution in [0.3, 0.4) is 0 Å². The lowest BCUT2D eigenvalue weighted by Gasteiger charge is -2.61. The molecule has 0 aliphatic heterocycles. The minimum Gasteiger partial charge on any atom is -0.443 e. The Balaban J connectivity index is 1.11. The van der Waals surface area contributed by atoms with Crippen molar-refractivity contribution < 1.29 is 31.8 Å². The number of aromatic amines is 1. The molecular weight excluding hydrogens is 522 g/mol. The SMILES string of the molecule is O=C(NC12CC(C1)C2)O[C@H]1CC[C@@H](c2cc(Nc3ncc(Cl)c4nc(COC(F)(F)F)cn34)n[nH]2)[C@H]1F. The minimum atomic E-state index is -4.80. The van der Waals surface area contributed by atoms with Crippen molar-refractivity contribution in [2.45, 2.75) is 68.8 Å². The number of fused-ring (bicyclic) bond motifs is 1. The summed E-state index contributed by atoms with van der Waals surface area (Å²) in [5.41, 5.74) is 0.537. The van der Waals surface area contributed by atoms with Gasteiger partial charge in [0.15, 0.2) is 11.5 Å².